The van der Waals surface area contributed by atoms with Crippen molar-refractivity contribution >= 4 is 17.3 Å². The molecule has 10 heavy (non-hydrogen) atoms. The van der Waals surface area contributed by atoms with Gasteiger partial charge in [-0.1, -0.05) is 11.6 Å². The summed E-state index contributed by atoms with van der Waals surface area (Å²) in [5, 5.41) is 3.79. The number of rotatable bonds is 0. The monoisotopic (exact) mass is 154 g/mol. The Bertz CT molecular complexity index is 260. The standard InChI is InChI=1S/C7H7ClN2/c8-7-3-5-1-2-9-6(5)4-10-7/h3-4,9H,1-2H2. The summed E-state index contributed by atoms with van der Waals surface area (Å²) in [4.78, 5) is 3.95. The third-order valence-corrected chi connectivity index (χ3v) is 1.87. The molecule has 0 saturated heterocycles. The molecule has 0 amide bonds. The first-order valence-electron chi connectivity index (χ1n) is 3.24. The van der Waals surface area contributed by atoms with Crippen molar-refractivity contribution in [2.45, 2.75) is 6.42 Å². The van der Waals surface area contributed by atoms with Crippen LogP contribution in [0.4, 0.5) is 5.69 Å². The molecule has 0 fully saturated rings. The summed E-state index contributed by atoms with van der Waals surface area (Å²) < 4.78 is 0. The summed E-state index contributed by atoms with van der Waals surface area (Å²) >= 11 is 5.68. The summed E-state index contributed by atoms with van der Waals surface area (Å²) in [6.45, 7) is 1.01. The predicted octanol–water partition coefficient (Wildman–Crippen LogP) is 1.70. The minimum absolute atomic E-state index is 0.586. The minimum Gasteiger partial charge on any atom is -0.383 e. The van der Waals surface area contributed by atoms with Gasteiger partial charge in [-0.3, -0.25) is 0 Å². The highest BCUT2D eigenvalue weighted by molar-refractivity contribution is 6.29. The van der Waals surface area contributed by atoms with Crippen LogP contribution in [0.25, 0.3) is 0 Å². The van der Waals surface area contributed by atoms with E-state index in [4.69, 9.17) is 11.6 Å². The molecule has 0 saturated carbocycles. The molecule has 0 bridgehead atoms. The van der Waals surface area contributed by atoms with Gasteiger partial charge in [0.2, 0.25) is 0 Å². The number of aromatic nitrogens is 1. The van der Waals surface area contributed by atoms with Crippen LogP contribution in [-0.2, 0) is 6.42 Å². The molecule has 52 valence electrons. The van der Waals surface area contributed by atoms with Crippen LogP contribution in [0, 0.1) is 0 Å². The largest absolute Gasteiger partial charge is 0.383 e. The molecule has 0 radical (unpaired) electrons. The Kier molecular flexibility index (Phi) is 1.27. The number of fused-ring (bicyclic) bond motifs is 1. The molecule has 0 unspecified atom stereocenters. The molecule has 1 N–H and O–H groups in total. The minimum atomic E-state index is 0.586. The molecule has 0 spiro atoms. The van der Waals surface area contributed by atoms with E-state index in [2.05, 4.69) is 10.3 Å². The second-order valence-corrected chi connectivity index (χ2v) is 2.73. The number of nitrogens with one attached hydrogen (secondary N) is 1. The maximum absolute atomic E-state index is 5.68. The van der Waals surface area contributed by atoms with Gasteiger partial charge in [0, 0.05) is 6.54 Å². The Balaban J connectivity index is 2.52. The maximum atomic E-state index is 5.68. The fraction of sp³-hybridized carbons (Fsp3) is 0.286. The van der Waals surface area contributed by atoms with Gasteiger partial charge in [-0.2, -0.15) is 0 Å². The molecule has 1 aliphatic rings. The van der Waals surface area contributed by atoms with E-state index < -0.39 is 0 Å². The van der Waals surface area contributed by atoms with Crippen LogP contribution in [0.2, 0.25) is 5.15 Å². The number of pyridine rings is 1. The number of anilines is 1. The molecule has 2 heterocycles. The topological polar surface area (TPSA) is 24.9 Å². The molecule has 1 aliphatic heterocycles. The van der Waals surface area contributed by atoms with Gasteiger partial charge in [0.05, 0.1) is 11.9 Å². The first kappa shape index (κ1) is 5.98. The SMILES string of the molecule is Clc1cc2c(cn1)NCC2. The lowest BCUT2D eigenvalue weighted by atomic mass is 10.2. The highest BCUT2D eigenvalue weighted by atomic mass is 35.5. The molecule has 2 rings (SSSR count). The number of halogens is 1. The summed E-state index contributed by atoms with van der Waals surface area (Å²) in [5.41, 5.74) is 2.41. The van der Waals surface area contributed by atoms with Crippen molar-refractivity contribution in [3.8, 4) is 0 Å². The smallest absolute Gasteiger partial charge is 0.129 e. The third kappa shape index (κ3) is 0.847. The van der Waals surface area contributed by atoms with Crippen molar-refractivity contribution < 1.29 is 0 Å². The van der Waals surface area contributed by atoms with Crippen LogP contribution in [0.5, 0.6) is 0 Å². The molecule has 1 aromatic rings. The van der Waals surface area contributed by atoms with Crippen molar-refractivity contribution in [3.63, 3.8) is 0 Å². The van der Waals surface area contributed by atoms with Gasteiger partial charge in [0.25, 0.3) is 0 Å². The summed E-state index contributed by atoms with van der Waals surface area (Å²) in [6.07, 6.45) is 2.85. The molecule has 0 aromatic carbocycles. The molecule has 1 aromatic heterocycles. The van der Waals surface area contributed by atoms with Crippen LogP contribution in [0.3, 0.4) is 0 Å². The Morgan fingerprint density at radius 3 is 3.40 bits per heavy atom. The van der Waals surface area contributed by atoms with E-state index in [1.165, 1.54) is 5.56 Å². The summed E-state index contributed by atoms with van der Waals surface area (Å²) in [7, 11) is 0. The molecule has 3 heteroatoms. The average Bonchev–Trinajstić information content (AvgIpc) is 2.33. The third-order valence-electron chi connectivity index (χ3n) is 1.67. The van der Waals surface area contributed by atoms with Gasteiger partial charge in [-0.25, -0.2) is 4.98 Å². The molecule has 0 atom stereocenters. The molecular formula is C7H7ClN2. The van der Waals surface area contributed by atoms with Crippen LogP contribution in [0.1, 0.15) is 5.56 Å². The number of hydrogen-bond donors (Lipinski definition) is 1. The highest BCUT2D eigenvalue weighted by Gasteiger charge is 2.09. The highest BCUT2D eigenvalue weighted by Crippen LogP contribution is 2.22. The van der Waals surface area contributed by atoms with E-state index in [1.54, 1.807) is 6.20 Å². The quantitative estimate of drug-likeness (QED) is 0.576. The van der Waals surface area contributed by atoms with Crippen LogP contribution in [0.15, 0.2) is 12.3 Å². The average molecular weight is 155 g/mol. The second-order valence-electron chi connectivity index (χ2n) is 2.34. The fourth-order valence-electron chi connectivity index (χ4n) is 1.17. The van der Waals surface area contributed by atoms with Crippen molar-refractivity contribution in [2.24, 2.45) is 0 Å². The van der Waals surface area contributed by atoms with E-state index in [0.717, 1.165) is 18.7 Å². The normalized spacial score (nSPS) is 14.5. The van der Waals surface area contributed by atoms with Crippen LogP contribution < -0.4 is 5.32 Å². The zero-order chi connectivity index (χ0) is 6.97. The first-order chi connectivity index (χ1) is 4.86. The fourth-order valence-corrected chi connectivity index (χ4v) is 1.35. The van der Waals surface area contributed by atoms with E-state index in [9.17, 15) is 0 Å². The number of hydrogen-bond acceptors (Lipinski definition) is 2. The van der Waals surface area contributed by atoms with Gasteiger partial charge in [0.1, 0.15) is 5.15 Å². The maximum Gasteiger partial charge on any atom is 0.129 e. The lowest BCUT2D eigenvalue weighted by Gasteiger charge is -1.96. The van der Waals surface area contributed by atoms with Crippen molar-refractivity contribution in [3.05, 3.63) is 23.0 Å². The lowest BCUT2D eigenvalue weighted by Crippen LogP contribution is -1.90. The van der Waals surface area contributed by atoms with Crippen molar-refractivity contribution in [2.75, 3.05) is 11.9 Å². The molecular weight excluding hydrogens is 148 g/mol. The van der Waals surface area contributed by atoms with Crippen molar-refractivity contribution in [1.82, 2.24) is 4.98 Å². The van der Waals surface area contributed by atoms with E-state index in [0.29, 0.717) is 5.15 Å². The lowest BCUT2D eigenvalue weighted by molar-refractivity contribution is 1.10. The second kappa shape index (κ2) is 2.13. The zero-order valence-electron chi connectivity index (χ0n) is 5.39. The Morgan fingerprint density at radius 2 is 2.50 bits per heavy atom. The molecule has 0 aliphatic carbocycles. The van der Waals surface area contributed by atoms with Crippen molar-refractivity contribution in [1.29, 1.82) is 0 Å². The van der Waals surface area contributed by atoms with E-state index in [1.807, 2.05) is 6.07 Å². The van der Waals surface area contributed by atoms with Gasteiger partial charge < -0.3 is 5.32 Å². The Labute approximate surface area is 64.2 Å². The van der Waals surface area contributed by atoms with Crippen LogP contribution >= 0.6 is 11.6 Å². The summed E-state index contributed by atoms with van der Waals surface area (Å²) in [6, 6.07) is 1.91. The molecule has 2 nitrogen and oxygen atoms in total. The van der Waals surface area contributed by atoms with Gasteiger partial charge in [0.15, 0.2) is 0 Å². The Hall–Kier alpha value is -0.760. The Morgan fingerprint density at radius 1 is 1.60 bits per heavy atom. The number of nitrogens with zero attached hydrogens (tertiary/aromatic N) is 1. The van der Waals surface area contributed by atoms with Crippen LogP contribution in [-0.4, -0.2) is 11.5 Å². The van der Waals surface area contributed by atoms with Gasteiger partial charge >= 0.3 is 0 Å². The predicted molar refractivity (Wildman–Crippen MR) is 41.4 cm³/mol. The zero-order valence-corrected chi connectivity index (χ0v) is 6.15. The first-order valence-corrected chi connectivity index (χ1v) is 3.62. The summed E-state index contributed by atoms with van der Waals surface area (Å²) in [5.74, 6) is 0. The van der Waals surface area contributed by atoms with E-state index in [-0.39, 0.29) is 0 Å². The van der Waals surface area contributed by atoms with Gasteiger partial charge in [-0.05, 0) is 18.1 Å². The van der Waals surface area contributed by atoms with Gasteiger partial charge in [-0.15, -0.1) is 0 Å². The van der Waals surface area contributed by atoms with E-state index >= 15 is 0 Å².